The maximum absolute atomic E-state index is 5.44. The van der Waals surface area contributed by atoms with Crippen LogP contribution in [0, 0.1) is 12.3 Å². The van der Waals surface area contributed by atoms with Crippen LogP contribution >= 0.6 is 0 Å². The fourth-order valence-corrected chi connectivity index (χ4v) is 1.45. The minimum atomic E-state index is -0.432. The Labute approximate surface area is 94.9 Å². The zero-order valence-electron chi connectivity index (χ0n) is 9.36. The van der Waals surface area contributed by atoms with Crippen molar-refractivity contribution in [2.45, 2.75) is 19.4 Å². The average Bonchev–Trinajstić information content (AvgIpc) is 2.29. The highest BCUT2D eigenvalue weighted by atomic mass is 15.2. The molecule has 16 heavy (non-hydrogen) atoms. The van der Waals surface area contributed by atoms with Gasteiger partial charge in [-0.15, -0.1) is 11.5 Å². The summed E-state index contributed by atoms with van der Waals surface area (Å²) >= 11 is 0. The minimum absolute atomic E-state index is 0.432. The Morgan fingerprint density at radius 3 is 2.81 bits per heavy atom. The summed E-state index contributed by atoms with van der Waals surface area (Å²) in [5.74, 6) is 3.40. The number of rotatable bonds is 2. The molecule has 3 nitrogen and oxygen atoms in total. The maximum atomic E-state index is 5.44. The molecule has 0 amide bonds. The molecule has 80 valence electrons. The number of anilines is 1. The van der Waals surface area contributed by atoms with E-state index in [1.54, 1.807) is 6.20 Å². The molecule has 0 saturated carbocycles. The Morgan fingerprint density at radius 2 is 2.06 bits per heavy atom. The molecule has 0 fully saturated rings. The smallest absolute Gasteiger partial charge is 0.157 e. The van der Waals surface area contributed by atoms with Gasteiger partial charge in [-0.2, -0.15) is 5.10 Å². The average molecular weight is 211 g/mol. The van der Waals surface area contributed by atoms with Crippen LogP contribution < -0.4 is 5.32 Å². The van der Waals surface area contributed by atoms with Crippen LogP contribution in [0.1, 0.15) is 13.8 Å². The molecule has 0 radical (unpaired) electrons. The van der Waals surface area contributed by atoms with Crippen molar-refractivity contribution in [3.8, 4) is 12.3 Å². The first-order chi connectivity index (χ1) is 7.62. The van der Waals surface area contributed by atoms with E-state index in [1.807, 2.05) is 38.1 Å². The molecule has 0 atom stereocenters. The van der Waals surface area contributed by atoms with E-state index in [4.69, 9.17) is 6.42 Å². The van der Waals surface area contributed by atoms with Crippen molar-refractivity contribution in [3.63, 3.8) is 0 Å². The summed E-state index contributed by atoms with van der Waals surface area (Å²) in [6.07, 6.45) is 7.18. The Bertz CT molecular complexity index is 547. The fraction of sp³-hybridized carbons (Fsp3) is 0.231. The zero-order chi connectivity index (χ0) is 11.6. The van der Waals surface area contributed by atoms with Gasteiger partial charge in [0.2, 0.25) is 0 Å². The highest BCUT2D eigenvalue weighted by molar-refractivity contribution is 5.91. The molecule has 2 aromatic rings. The normalized spacial score (nSPS) is 11.1. The van der Waals surface area contributed by atoms with Gasteiger partial charge in [-0.3, -0.25) is 0 Å². The third-order valence-corrected chi connectivity index (χ3v) is 2.36. The number of benzene rings is 1. The molecule has 0 saturated heterocycles. The number of terminal acetylenes is 1. The van der Waals surface area contributed by atoms with E-state index in [0.717, 1.165) is 16.6 Å². The number of hydrogen-bond acceptors (Lipinski definition) is 3. The molecule has 2 rings (SSSR count). The molecule has 3 heteroatoms. The van der Waals surface area contributed by atoms with E-state index in [-0.39, 0.29) is 0 Å². The first kappa shape index (κ1) is 10.4. The van der Waals surface area contributed by atoms with Crippen molar-refractivity contribution in [2.75, 3.05) is 5.32 Å². The van der Waals surface area contributed by atoms with Gasteiger partial charge < -0.3 is 5.32 Å². The van der Waals surface area contributed by atoms with Crippen LogP contribution in [-0.4, -0.2) is 15.7 Å². The first-order valence-electron chi connectivity index (χ1n) is 5.09. The van der Waals surface area contributed by atoms with Gasteiger partial charge in [-0.05, 0) is 13.8 Å². The lowest BCUT2D eigenvalue weighted by Crippen LogP contribution is -2.29. The number of fused-ring (bicyclic) bond motifs is 1. The lowest BCUT2D eigenvalue weighted by molar-refractivity contribution is 0.733. The van der Waals surface area contributed by atoms with Crippen LogP contribution in [0.5, 0.6) is 0 Å². The van der Waals surface area contributed by atoms with Gasteiger partial charge in [0, 0.05) is 10.8 Å². The Balaban J connectivity index is 2.50. The van der Waals surface area contributed by atoms with Crippen LogP contribution in [0.15, 0.2) is 30.5 Å². The van der Waals surface area contributed by atoms with Crippen LogP contribution in [0.4, 0.5) is 5.82 Å². The van der Waals surface area contributed by atoms with E-state index < -0.39 is 5.54 Å². The van der Waals surface area contributed by atoms with Crippen molar-refractivity contribution in [2.24, 2.45) is 0 Å². The number of aromatic nitrogens is 2. The topological polar surface area (TPSA) is 37.8 Å². The van der Waals surface area contributed by atoms with E-state index in [2.05, 4.69) is 21.4 Å². The Hall–Kier alpha value is -2.08. The van der Waals surface area contributed by atoms with E-state index in [0.29, 0.717) is 0 Å². The standard InChI is InChI=1S/C13H13N3/c1-4-13(2,3)15-12-11-8-6-5-7-10(11)9-14-16-12/h1,5-9H,2-3H3,(H,15,16). The highest BCUT2D eigenvalue weighted by Crippen LogP contribution is 2.21. The molecule has 1 N–H and O–H groups in total. The van der Waals surface area contributed by atoms with E-state index in [9.17, 15) is 0 Å². The summed E-state index contributed by atoms with van der Waals surface area (Å²) in [6.45, 7) is 3.85. The fourth-order valence-electron chi connectivity index (χ4n) is 1.45. The van der Waals surface area contributed by atoms with Gasteiger partial charge >= 0.3 is 0 Å². The molecule has 0 aliphatic heterocycles. The predicted molar refractivity (Wildman–Crippen MR) is 66.1 cm³/mol. The van der Waals surface area contributed by atoms with Gasteiger partial charge in [0.15, 0.2) is 5.82 Å². The molecule has 0 aliphatic rings. The zero-order valence-corrected chi connectivity index (χ0v) is 9.36. The van der Waals surface area contributed by atoms with Crippen molar-refractivity contribution in [1.29, 1.82) is 0 Å². The largest absolute Gasteiger partial charge is 0.352 e. The van der Waals surface area contributed by atoms with Gasteiger partial charge in [-0.25, -0.2) is 0 Å². The quantitative estimate of drug-likeness (QED) is 0.775. The number of hydrogen-bond donors (Lipinski definition) is 1. The van der Waals surface area contributed by atoms with Crippen LogP contribution in [0.25, 0.3) is 10.8 Å². The van der Waals surface area contributed by atoms with E-state index in [1.165, 1.54) is 0 Å². The van der Waals surface area contributed by atoms with Gasteiger partial charge in [-0.1, -0.05) is 30.2 Å². The first-order valence-corrected chi connectivity index (χ1v) is 5.09. The van der Waals surface area contributed by atoms with Crippen molar-refractivity contribution in [1.82, 2.24) is 10.2 Å². The summed E-state index contributed by atoms with van der Waals surface area (Å²) in [5.41, 5.74) is -0.432. The van der Waals surface area contributed by atoms with Gasteiger partial charge in [0.1, 0.15) is 0 Å². The Morgan fingerprint density at radius 1 is 1.31 bits per heavy atom. The number of nitrogens with zero attached hydrogens (tertiary/aromatic N) is 2. The molecule has 1 heterocycles. The van der Waals surface area contributed by atoms with E-state index >= 15 is 0 Å². The molecule has 1 aromatic heterocycles. The van der Waals surface area contributed by atoms with Crippen molar-refractivity contribution >= 4 is 16.6 Å². The van der Waals surface area contributed by atoms with Crippen molar-refractivity contribution < 1.29 is 0 Å². The third-order valence-electron chi connectivity index (χ3n) is 2.36. The minimum Gasteiger partial charge on any atom is -0.352 e. The second-order valence-electron chi connectivity index (χ2n) is 4.17. The third kappa shape index (κ3) is 1.96. The summed E-state index contributed by atoms with van der Waals surface area (Å²) in [4.78, 5) is 0. The summed E-state index contributed by atoms with van der Waals surface area (Å²) < 4.78 is 0. The lowest BCUT2D eigenvalue weighted by Gasteiger charge is -2.20. The molecule has 0 spiro atoms. The van der Waals surface area contributed by atoms with Gasteiger partial charge in [0.25, 0.3) is 0 Å². The molecular weight excluding hydrogens is 198 g/mol. The molecule has 0 bridgehead atoms. The summed E-state index contributed by atoms with van der Waals surface area (Å²) in [7, 11) is 0. The van der Waals surface area contributed by atoms with Crippen molar-refractivity contribution in [3.05, 3.63) is 30.5 Å². The summed E-state index contributed by atoms with van der Waals surface area (Å²) in [5, 5.41) is 13.3. The van der Waals surface area contributed by atoms with Gasteiger partial charge in [0.05, 0.1) is 11.7 Å². The Kier molecular flexibility index (Phi) is 2.49. The predicted octanol–water partition coefficient (Wildman–Crippen LogP) is 2.45. The second kappa shape index (κ2) is 3.82. The molecule has 0 unspecified atom stereocenters. The SMILES string of the molecule is C#CC(C)(C)Nc1nncc2ccccc12. The van der Waals surface area contributed by atoms with Crippen LogP contribution in [-0.2, 0) is 0 Å². The summed E-state index contributed by atoms with van der Waals surface area (Å²) in [6, 6.07) is 7.94. The molecule has 1 aromatic carbocycles. The van der Waals surface area contributed by atoms with Crippen LogP contribution in [0.2, 0.25) is 0 Å². The maximum Gasteiger partial charge on any atom is 0.157 e. The monoisotopic (exact) mass is 211 g/mol. The second-order valence-corrected chi connectivity index (χ2v) is 4.17. The molecule has 0 aliphatic carbocycles. The highest BCUT2D eigenvalue weighted by Gasteiger charge is 2.15. The number of nitrogens with one attached hydrogen (secondary N) is 1. The lowest BCUT2D eigenvalue weighted by atomic mass is 10.1. The molecular formula is C13H13N3. The van der Waals surface area contributed by atoms with Crippen LogP contribution in [0.3, 0.4) is 0 Å².